The summed E-state index contributed by atoms with van der Waals surface area (Å²) in [6, 6.07) is 9.91. The van der Waals surface area contributed by atoms with Gasteiger partial charge in [0.25, 0.3) is 0 Å². The normalized spacial score (nSPS) is 11.9. The van der Waals surface area contributed by atoms with Crippen molar-refractivity contribution in [3.63, 3.8) is 0 Å². The predicted octanol–water partition coefficient (Wildman–Crippen LogP) is 3.34. The number of benzene rings is 2. The second kappa shape index (κ2) is 8.36. The average Bonchev–Trinajstić information content (AvgIpc) is 2.68. The van der Waals surface area contributed by atoms with Crippen LogP contribution in [0, 0.1) is 6.92 Å². The van der Waals surface area contributed by atoms with E-state index in [-0.39, 0.29) is 29.2 Å². The third-order valence-electron chi connectivity index (χ3n) is 4.64. The highest BCUT2D eigenvalue weighted by atomic mass is 35.5. The average molecular weight is 416 g/mol. The number of hydrogen-bond donors (Lipinski definition) is 3. The molecule has 150 valence electrons. The second-order valence-electron chi connectivity index (χ2n) is 6.54. The standard InChI is InChI=1S/C21H18ClNO6/c1-11-13(21(28)29-17-10-16(24)15(22)9-14(11)17)7-8-18(25)23-19(20(26)27)12-5-3-2-4-6-12/h2-6,9-10,19,24H,7-8H2,1H3,(H,23,25)(H,26,27)/t19-/m1/s1. The second-order valence-corrected chi connectivity index (χ2v) is 6.95. The van der Waals surface area contributed by atoms with E-state index in [0.717, 1.165) is 0 Å². The Labute approximate surface area is 170 Å². The number of aromatic hydroxyl groups is 1. The van der Waals surface area contributed by atoms with Crippen LogP contribution in [-0.2, 0) is 16.0 Å². The summed E-state index contributed by atoms with van der Waals surface area (Å²) in [6.07, 6.45) is -0.0326. The lowest BCUT2D eigenvalue weighted by Gasteiger charge is -2.15. The molecule has 0 aliphatic heterocycles. The Bertz CT molecular complexity index is 1140. The Kier molecular flexibility index (Phi) is 5.89. The van der Waals surface area contributed by atoms with Crippen molar-refractivity contribution in [2.75, 3.05) is 0 Å². The Morgan fingerprint density at radius 3 is 2.55 bits per heavy atom. The van der Waals surface area contributed by atoms with Gasteiger partial charge in [0.2, 0.25) is 5.91 Å². The summed E-state index contributed by atoms with van der Waals surface area (Å²) in [6.45, 7) is 1.70. The molecule has 0 aliphatic carbocycles. The zero-order valence-corrected chi connectivity index (χ0v) is 16.2. The molecule has 29 heavy (non-hydrogen) atoms. The molecule has 1 amide bonds. The van der Waals surface area contributed by atoms with Crippen LogP contribution in [0.2, 0.25) is 5.02 Å². The van der Waals surface area contributed by atoms with Crippen molar-refractivity contribution in [3.8, 4) is 5.75 Å². The molecule has 3 rings (SSSR count). The Hall–Kier alpha value is -3.32. The molecule has 8 heteroatoms. The number of rotatable bonds is 6. The number of hydrogen-bond acceptors (Lipinski definition) is 5. The first-order valence-electron chi connectivity index (χ1n) is 8.80. The van der Waals surface area contributed by atoms with Gasteiger partial charge in [0.05, 0.1) is 5.02 Å². The molecule has 0 spiro atoms. The van der Waals surface area contributed by atoms with Gasteiger partial charge in [0, 0.05) is 23.4 Å². The van der Waals surface area contributed by atoms with Gasteiger partial charge < -0.3 is 19.9 Å². The lowest BCUT2D eigenvalue weighted by atomic mass is 10.0. The maximum absolute atomic E-state index is 12.3. The summed E-state index contributed by atoms with van der Waals surface area (Å²) in [5.41, 5.74) is 0.897. The van der Waals surface area contributed by atoms with E-state index in [0.29, 0.717) is 22.1 Å². The molecule has 0 aliphatic rings. The largest absolute Gasteiger partial charge is 0.506 e. The van der Waals surface area contributed by atoms with Gasteiger partial charge in [0.1, 0.15) is 11.3 Å². The van der Waals surface area contributed by atoms with Crippen molar-refractivity contribution in [2.45, 2.75) is 25.8 Å². The molecule has 3 N–H and O–H groups in total. The minimum Gasteiger partial charge on any atom is -0.506 e. The fourth-order valence-corrected chi connectivity index (χ4v) is 3.26. The maximum Gasteiger partial charge on any atom is 0.339 e. The van der Waals surface area contributed by atoms with Crippen LogP contribution in [0.15, 0.2) is 51.7 Å². The number of carbonyl (C=O) groups excluding carboxylic acids is 1. The Morgan fingerprint density at radius 1 is 1.21 bits per heavy atom. The van der Waals surface area contributed by atoms with Crippen molar-refractivity contribution in [2.24, 2.45) is 0 Å². The molecule has 2 aromatic carbocycles. The molecular formula is C21H18ClNO6. The summed E-state index contributed by atoms with van der Waals surface area (Å²) in [5.74, 6) is -1.89. The summed E-state index contributed by atoms with van der Waals surface area (Å²) < 4.78 is 5.23. The number of nitrogens with one attached hydrogen (secondary N) is 1. The lowest BCUT2D eigenvalue weighted by molar-refractivity contribution is -0.142. The van der Waals surface area contributed by atoms with E-state index < -0.39 is 23.5 Å². The van der Waals surface area contributed by atoms with Crippen molar-refractivity contribution in [3.05, 3.63) is 74.6 Å². The third-order valence-corrected chi connectivity index (χ3v) is 4.94. The highest BCUT2D eigenvalue weighted by Gasteiger charge is 2.22. The summed E-state index contributed by atoms with van der Waals surface area (Å²) in [5, 5.41) is 22.2. The molecule has 7 nitrogen and oxygen atoms in total. The quantitative estimate of drug-likeness (QED) is 0.531. The molecule has 1 heterocycles. The van der Waals surface area contributed by atoms with Crippen LogP contribution in [-0.4, -0.2) is 22.1 Å². The van der Waals surface area contributed by atoms with Gasteiger partial charge in [0.15, 0.2) is 6.04 Å². The van der Waals surface area contributed by atoms with Crippen LogP contribution < -0.4 is 10.9 Å². The van der Waals surface area contributed by atoms with E-state index in [2.05, 4.69) is 5.32 Å². The van der Waals surface area contributed by atoms with Crippen LogP contribution in [0.25, 0.3) is 11.0 Å². The molecule has 0 bridgehead atoms. The number of phenols is 1. The summed E-state index contributed by atoms with van der Waals surface area (Å²) >= 11 is 5.93. The van der Waals surface area contributed by atoms with Crippen LogP contribution >= 0.6 is 11.6 Å². The molecule has 0 radical (unpaired) electrons. The fourth-order valence-electron chi connectivity index (χ4n) is 3.09. The maximum atomic E-state index is 12.3. The number of fused-ring (bicyclic) bond motifs is 1. The predicted molar refractivity (Wildman–Crippen MR) is 107 cm³/mol. The van der Waals surface area contributed by atoms with E-state index in [1.54, 1.807) is 37.3 Å². The summed E-state index contributed by atoms with van der Waals surface area (Å²) in [7, 11) is 0. The first-order chi connectivity index (χ1) is 13.8. The SMILES string of the molecule is Cc1c(CCC(=O)N[C@@H](C(=O)O)c2ccccc2)c(=O)oc2cc(O)c(Cl)cc12. The van der Waals surface area contributed by atoms with Gasteiger partial charge in [-0.3, -0.25) is 4.79 Å². The number of carboxylic acids is 1. The number of halogens is 1. The van der Waals surface area contributed by atoms with E-state index in [1.165, 1.54) is 12.1 Å². The minimum absolute atomic E-state index is 0.0650. The molecule has 3 aromatic rings. The van der Waals surface area contributed by atoms with Crippen LogP contribution in [0.3, 0.4) is 0 Å². The molecule has 1 atom stereocenters. The van der Waals surface area contributed by atoms with Crippen LogP contribution in [0.5, 0.6) is 5.75 Å². The molecule has 0 saturated carbocycles. The first kappa shape index (κ1) is 20.4. The van der Waals surface area contributed by atoms with E-state index in [1.807, 2.05) is 0 Å². The highest BCUT2D eigenvalue weighted by Crippen LogP contribution is 2.31. The van der Waals surface area contributed by atoms with E-state index in [4.69, 9.17) is 16.0 Å². The fraction of sp³-hybridized carbons (Fsp3) is 0.190. The topological polar surface area (TPSA) is 117 Å². The zero-order valence-electron chi connectivity index (χ0n) is 15.4. The van der Waals surface area contributed by atoms with Crippen molar-refractivity contribution < 1.29 is 24.2 Å². The van der Waals surface area contributed by atoms with Gasteiger partial charge in [-0.25, -0.2) is 9.59 Å². The molecule has 0 fully saturated rings. The Morgan fingerprint density at radius 2 is 1.90 bits per heavy atom. The number of phenolic OH excluding ortho intramolecular Hbond substituents is 1. The lowest BCUT2D eigenvalue weighted by Crippen LogP contribution is -2.34. The first-order valence-corrected chi connectivity index (χ1v) is 9.17. The number of aryl methyl sites for hydroxylation is 1. The number of aliphatic carboxylic acids is 1. The van der Waals surface area contributed by atoms with Crippen LogP contribution in [0.1, 0.15) is 29.2 Å². The van der Waals surface area contributed by atoms with Crippen molar-refractivity contribution in [1.29, 1.82) is 0 Å². The monoisotopic (exact) mass is 415 g/mol. The molecule has 1 aromatic heterocycles. The number of amides is 1. The minimum atomic E-state index is -1.18. The summed E-state index contributed by atoms with van der Waals surface area (Å²) in [4.78, 5) is 36.1. The molecule has 0 unspecified atom stereocenters. The van der Waals surface area contributed by atoms with Gasteiger partial charge in [-0.1, -0.05) is 41.9 Å². The smallest absolute Gasteiger partial charge is 0.339 e. The van der Waals surface area contributed by atoms with Gasteiger partial charge in [-0.05, 0) is 30.5 Å². The third kappa shape index (κ3) is 4.41. The number of carboxylic acid groups (broad SMARTS) is 1. The van der Waals surface area contributed by atoms with E-state index in [9.17, 15) is 24.6 Å². The van der Waals surface area contributed by atoms with Gasteiger partial charge in [-0.2, -0.15) is 0 Å². The van der Waals surface area contributed by atoms with Gasteiger partial charge >= 0.3 is 11.6 Å². The van der Waals surface area contributed by atoms with Crippen molar-refractivity contribution in [1.82, 2.24) is 5.32 Å². The van der Waals surface area contributed by atoms with Crippen molar-refractivity contribution >= 4 is 34.4 Å². The number of carbonyl (C=O) groups is 2. The van der Waals surface area contributed by atoms with E-state index >= 15 is 0 Å². The zero-order chi connectivity index (χ0) is 21.1. The molecule has 0 saturated heterocycles. The molecular weight excluding hydrogens is 398 g/mol. The highest BCUT2D eigenvalue weighted by molar-refractivity contribution is 6.32. The Balaban J connectivity index is 1.79. The van der Waals surface area contributed by atoms with Crippen LogP contribution in [0.4, 0.5) is 0 Å². The van der Waals surface area contributed by atoms with Gasteiger partial charge in [-0.15, -0.1) is 0 Å².